The fourth-order valence-electron chi connectivity index (χ4n) is 1.98. The van der Waals surface area contributed by atoms with Gasteiger partial charge in [0.05, 0.1) is 13.2 Å². The number of hydrogen-bond donors (Lipinski definition) is 2. The number of rotatable bonds is 2. The van der Waals surface area contributed by atoms with E-state index in [0.717, 1.165) is 23.8 Å². The van der Waals surface area contributed by atoms with Gasteiger partial charge in [0.15, 0.2) is 5.82 Å². The first-order chi connectivity index (χ1) is 10.1. The van der Waals surface area contributed by atoms with Gasteiger partial charge in [-0.05, 0) is 23.9 Å². The van der Waals surface area contributed by atoms with Crippen molar-refractivity contribution in [2.75, 3.05) is 31.2 Å². The van der Waals surface area contributed by atoms with Crippen LogP contribution in [-0.2, 0) is 4.74 Å². The van der Waals surface area contributed by atoms with Crippen LogP contribution in [0.25, 0.3) is 5.70 Å². The lowest BCUT2D eigenvalue weighted by Crippen LogP contribution is -2.37. The smallest absolute Gasteiger partial charge is 0.230 e. The van der Waals surface area contributed by atoms with Crippen molar-refractivity contribution in [2.24, 2.45) is 5.73 Å². The predicted octanol–water partition coefficient (Wildman–Crippen LogP) is 1.14. The third-order valence-corrected chi connectivity index (χ3v) is 4.24. The molecule has 7 nitrogen and oxygen atoms in total. The lowest BCUT2D eigenvalue weighted by Gasteiger charge is -2.26. The molecule has 2 aliphatic heterocycles. The van der Waals surface area contributed by atoms with Gasteiger partial charge < -0.3 is 20.7 Å². The highest BCUT2D eigenvalue weighted by atomic mass is 35.5. The summed E-state index contributed by atoms with van der Waals surface area (Å²) in [5.41, 5.74) is 7.64. The molecule has 3 N–H and O–H groups in total. The van der Waals surface area contributed by atoms with E-state index < -0.39 is 0 Å². The molecular weight excluding hydrogens is 312 g/mol. The van der Waals surface area contributed by atoms with Gasteiger partial charge in [0.2, 0.25) is 11.2 Å². The fourth-order valence-corrected chi connectivity index (χ4v) is 2.93. The molecule has 112 valence electrons. The van der Waals surface area contributed by atoms with Crippen molar-refractivity contribution in [3.05, 3.63) is 27.2 Å². The molecule has 1 saturated heterocycles. The number of ether oxygens (including phenoxy) is 1. The van der Waals surface area contributed by atoms with Crippen molar-refractivity contribution in [1.29, 1.82) is 0 Å². The molecule has 0 spiro atoms. The van der Waals surface area contributed by atoms with Gasteiger partial charge in [-0.3, -0.25) is 0 Å². The molecule has 9 heteroatoms. The molecule has 0 amide bonds. The number of morpholine rings is 1. The maximum absolute atomic E-state index is 6.14. The van der Waals surface area contributed by atoms with Crippen molar-refractivity contribution >= 4 is 35.0 Å². The standard InChI is InChI=1S/C12H15ClN6OS/c1-7-6-21-10(15-7)8(14)9-16-11(13)18-12(17-9)19-2-4-20-5-3-19/h6,15H,2-5,14H2,1H3/b10-8+. The Morgan fingerprint density at radius 1 is 1.38 bits per heavy atom. The molecule has 3 rings (SSSR count). The molecule has 1 aromatic heterocycles. The summed E-state index contributed by atoms with van der Waals surface area (Å²) < 4.78 is 5.32. The molecule has 0 aliphatic carbocycles. The van der Waals surface area contributed by atoms with E-state index in [0.29, 0.717) is 30.7 Å². The Bertz CT molecular complexity index is 614. The Morgan fingerprint density at radius 3 is 2.81 bits per heavy atom. The van der Waals surface area contributed by atoms with Gasteiger partial charge in [0.25, 0.3) is 0 Å². The number of nitrogens with one attached hydrogen (secondary N) is 1. The van der Waals surface area contributed by atoms with Crippen molar-refractivity contribution in [3.8, 4) is 0 Å². The molecule has 0 atom stereocenters. The second-order valence-corrected chi connectivity index (χ2v) is 5.83. The van der Waals surface area contributed by atoms with Gasteiger partial charge in [-0.15, -0.1) is 0 Å². The molecular formula is C12H15ClN6OS. The van der Waals surface area contributed by atoms with Crippen LogP contribution in [0, 0.1) is 0 Å². The third kappa shape index (κ3) is 3.22. The van der Waals surface area contributed by atoms with Crippen LogP contribution in [0.5, 0.6) is 0 Å². The van der Waals surface area contributed by atoms with E-state index in [1.807, 2.05) is 17.2 Å². The van der Waals surface area contributed by atoms with Crippen molar-refractivity contribution in [2.45, 2.75) is 6.92 Å². The Labute approximate surface area is 131 Å². The first kappa shape index (κ1) is 14.4. The van der Waals surface area contributed by atoms with Crippen LogP contribution in [-0.4, -0.2) is 41.3 Å². The Balaban J connectivity index is 1.90. The van der Waals surface area contributed by atoms with E-state index in [4.69, 9.17) is 22.1 Å². The van der Waals surface area contributed by atoms with E-state index in [1.165, 1.54) is 11.8 Å². The molecule has 1 fully saturated rings. The summed E-state index contributed by atoms with van der Waals surface area (Å²) in [7, 11) is 0. The van der Waals surface area contributed by atoms with Crippen LogP contribution in [0.2, 0.25) is 5.28 Å². The summed E-state index contributed by atoms with van der Waals surface area (Å²) in [6.45, 7) is 4.71. The van der Waals surface area contributed by atoms with Crippen LogP contribution >= 0.6 is 23.4 Å². The van der Waals surface area contributed by atoms with Crippen molar-refractivity contribution < 1.29 is 4.74 Å². The first-order valence-electron chi connectivity index (χ1n) is 6.48. The van der Waals surface area contributed by atoms with Crippen molar-refractivity contribution in [3.63, 3.8) is 0 Å². The lowest BCUT2D eigenvalue weighted by atomic mass is 10.4. The van der Waals surface area contributed by atoms with Gasteiger partial charge in [0.1, 0.15) is 10.7 Å². The van der Waals surface area contributed by atoms with Crippen LogP contribution in [0.3, 0.4) is 0 Å². The average molecular weight is 327 g/mol. The number of allylic oxidation sites excluding steroid dienone is 1. The van der Waals surface area contributed by atoms with Gasteiger partial charge >= 0.3 is 0 Å². The van der Waals surface area contributed by atoms with Crippen LogP contribution < -0.4 is 16.0 Å². The molecule has 0 bridgehead atoms. The summed E-state index contributed by atoms with van der Waals surface area (Å²) in [6.07, 6.45) is 0. The van der Waals surface area contributed by atoms with E-state index >= 15 is 0 Å². The summed E-state index contributed by atoms with van der Waals surface area (Å²) in [5, 5.41) is 6.10. The minimum atomic E-state index is 0.137. The molecule has 0 unspecified atom stereocenters. The second kappa shape index (κ2) is 6.08. The zero-order valence-electron chi connectivity index (χ0n) is 11.5. The zero-order valence-corrected chi connectivity index (χ0v) is 13.0. The minimum Gasteiger partial charge on any atom is -0.394 e. The molecule has 0 radical (unpaired) electrons. The number of anilines is 1. The molecule has 2 aliphatic rings. The SMILES string of the molecule is CC1=CS/C(=C(/N)c2nc(Cl)nc(N3CCOCC3)n2)N1. The highest BCUT2D eigenvalue weighted by Crippen LogP contribution is 2.28. The Morgan fingerprint density at radius 2 is 2.14 bits per heavy atom. The minimum absolute atomic E-state index is 0.137. The summed E-state index contributed by atoms with van der Waals surface area (Å²) in [4.78, 5) is 14.7. The highest BCUT2D eigenvalue weighted by Gasteiger charge is 2.19. The monoisotopic (exact) mass is 326 g/mol. The lowest BCUT2D eigenvalue weighted by molar-refractivity contribution is 0.122. The largest absolute Gasteiger partial charge is 0.394 e. The second-order valence-electron chi connectivity index (χ2n) is 4.61. The number of aromatic nitrogens is 3. The van der Waals surface area contributed by atoms with E-state index in [2.05, 4.69) is 20.3 Å². The van der Waals surface area contributed by atoms with Crippen molar-refractivity contribution in [1.82, 2.24) is 20.3 Å². The maximum atomic E-state index is 6.14. The number of thioether (sulfide) groups is 1. The van der Waals surface area contributed by atoms with Crippen LogP contribution in [0.1, 0.15) is 12.7 Å². The van der Waals surface area contributed by atoms with Crippen LogP contribution in [0.4, 0.5) is 5.95 Å². The molecule has 1 aromatic rings. The molecule has 0 aromatic carbocycles. The van der Waals surface area contributed by atoms with E-state index in [9.17, 15) is 0 Å². The summed E-state index contributed by atoms with van der Waals surface area (Å²) in [6, 6.07) is 0. The maximum Gasteiger partial charge on any atom is 0.230 e. The van der Waals surface area contributed by atoms with Gasteiger partial charge in [-0.25, -0.2) is 0 Å². The quantitative estimate of drug-likeness (QED) is 0.836. The highest BCUT2D eigenvalue weighted by molar-refractivity contribution is 8.06. The number of nitrogens with two attached hydrogens (primary N) is 1. The summed E-state index contributed by atoms with van der Waals surface area (Å²) >= 11 is 7.52. The predicted molar refractivity (Wildman–Crippen MR) is 83.5 cm³/mol. The average Bonchev–Trinajstić information content (AvgIpc) is 2.93. The Kier molecular flexibility index (Phi) is 4.18. The van der Waals surface area contributed by atoms with E-state index in [-0.39, 0.29) is 5.28 Å². The Hall–Kier alpha value is -1.51. The summed E-state index contributed by atoms with van der Waals surface area (Å²) in [5.74, 6) is 0.916. The van der Waals surface area contributed by atoms with Gasteiger partial charge in [-0.1, -0.05) is 11.8 Å². The third-order valence-electron chi connectivity index (χ3n) is 3.04. The normalized spacial score (nSPS) is 21.0. The van der Waals surface area contributed by atoms with Gasteiger partial charge in [0, 0.05) is 18.8 Å². The first-order valence-corrected chi connectivity index (χ1v) is 7.74. The zero-order chi connectivity index (χ0) is 14.8. The molecule has 3 heterocycles. The number of nitrogens with zero attached hydrogens (tertiary/aromatic N) is 4. The van der Waals surface area contributed by atoms with Gasteiger partial charge in [-0.2, -0.15) is 15.0 Å². The molecule has 21 heavy (non-hydrogen) atoms. The fraction of sp³-hybridized carbons (Fsp3) is 0.417. The van der Waals surface area contributed by atoms with E-state index in [1.54, 1.807) is 0 Å². The number of hydrogen-bond acceptors (Lipinski definition) is 8. The molecule has 0 saturated carbocycles. The topological polar surface area (TPSA) is 89.2 Å². The number of halogens is 1. The van der Waals surface area contributed by atoms with Crippen LogP contribution in [0.15, 0.2) is 16.1 Å².